The molecule has 0 aliphatic carbocycles. The van der Waals surface area contributed by atoms with Crippen molar-refractivity contribution in [3.05, 3.63) is 241 Å². The van der Waals surface area contributed by atoms with Gasteiger partial charge in [-0.15, -0.1) is 0 Å². The van der Waals surface area contributed by atoms with Gasteiger partial charge in [0, 0.05) is 43.7 Å². The number of hydrogen-bond donors (Lipinski definition) is 1. The molecular weight excluding hydrogens is 819 g/mol. The average Bonchev–Trinajstić information content (AvgIpc) is 4.06. The maximum Gasteiger partial charge on any atom is 0.161 e. The molecule has 0 bridgehead atoms. The summed E-state index contributed by atoms with van der Waals surface area (Å²) < 4.78 is 11.6. The topological polar surface area (TPSA) is 59.8 Å². The van der Waals surface area contributed by atoms with Gasteiger partial charge in [-0.3, -0.25) is 0 Å². The Morgan fingerprint density at radius 2 is 1.07 bits per heavy atom. The van der Waals surface area contributed by atoms with Crippen molar-refractivity contribution in [1.82, 2.24) is 14.5 Å². The Labute approximate surface area is 385 Å². The van der Waals surface area contributed by atoms with E-state index < -0.39 is 6.17 Å². The minimum atomic E-state index is -0.467. The summed E-state index contributed by atoms with van der Waals surface area (Å²) in [5.41, 5.74) is 13.3. The summed E-state index contributed by atoms with van der Waals surface area (Å²) >= 11 is 0. The Morgan fingerprint density at radius 1 is 0.433 bits per heavy atom. The van der Waals surface area contributed by atoms with Crippen LogP contribution in [0.5, 0.6) is 0 Å². The van der Waals surface area contributed by atoms with Crippen LogP contribution in [0.15, 0.2) is 239 Å². The highest BCUT2D eigenvalue weighted by molar-refractivity contribution is 6.23. The fraction of sp³-hybridized carbons (Fsp3) is 0.0164. The molecule has 0 amide bonds. The van der Waals surface area contributed by atoms with Crippen molar-refractivity contribution >= 4 is 88.0 Å². The van der Waals surface area contributed by atoms with E-state index in [0.29, 0.717) is 11.7 Å². The van der Waals surface area contributed by atoms with Crippen molar-refractivity contribution in [2.75, 3.05) is 0 Å². The summed E-state index contributed by atoms with van der Waals surface area (Å²) in [5, 5.41) is 13.1. The van der Waals surface area contributed by atoms with Crippen molar-refractivity contribution in [1.29, 1.82) is 0 Å². The van der Waals surface area contributed by atoms with Gasteiger partial charge in [0.15, 0.2) is 5.84 Å². The first-order valence-corrected chi connectivity index (χ1v) is 22.8. The fourth-order valence-corrected chi connectivity index (χ4v) is 10.5. The number of fused-ring (bicyclic) bond motifs is 10. The molecule has 0 fully saturated rings. The van der Waals surface area contributed by atoms with Gasteiger partial charge in [-0.2, -0.15) is 0 Å². The molecule has 1 aliphatic rings. The second-order valence-electron chi connectivity index (χ2n) is 17.4. The Hall–Kier alpha value is -9.00. The van der Waals surface area contributed by atoms with E-state index >= 15 is 0 Å². The lowest BCUT2D eigenvalue weighted by atomic mass is 10.0. The van der Waals surface area contributed by atoms with Crippen LogP contribution in [0.1, 0.15) is 22.9 Å². The van der Waals surface area contributed by atoms with Crippen molar-refractivity contribution < 1.29 is 4.42 Å². The molecule has 4 heterocycles. The van der Waals surface area contributed by atoms with Gasteiger partial charge in [0.1, 0.15) is 23.2 Å². The lowest BCUT2D eigenvalue weighted by Gasteiger charge is -2.25. The first kappa shape index (κ1) is 37.4. The summed E-state index contributed by atoms with van der Waals surface area (Å²) in [7, 11) is 0. The normalized spacial score (nSPS) is 14.1. The van der Waals surface area contributed by atoms with Gasteiger partial charge in [-0.1, -0.05) is 158 Å². The third-order valence-electron chi connectivity index (χ3n) is 13.5. The number of nitrogens with one attached hydrogen (secondary N) is 1. The molecule has 3 aromatic heterocycles. The number of hydrogen-bond acceptors (Lipinski definition) is 4. The Kier molecular flexibility index (Phi) is 8.24. The van der Waals surface area contributed by atoms with Crippen molar-refractivity contribution in [3.63, 3.8) is 0 Å². The minimum absolute atomic E-state index is 0.467. The highest BCUT2D eigenvalue weighted by Gasteiger charge is 2.27. The highest BCUT2D eigenvalue weighted by Crippen LogP contribution is 2.42. The van der Waals surface area contributed by atoms with Crippen LogP contribution in [0, 0.1) is 0 Å². The molecular formula is C61H39N5O. The van der Waals surface area contributed by atoms with E-state index in [1.807, 2.05) is 6.07 Å². The average molecular weight is 858 g/mol. The zero-order valence-electron chi connectivity index (χ0n) is 36.1. The first-order valence-electron chi connectivity index (χ1n) is 22.8. The number of para-hydroxylation sites is 5. The SMILES string of the molecule is c1ccc(-c2cccc(C3N=C(c4cccc5c6ccccc6n(-c6ccccc6)c45)N=C(c4cc(-n5c6ccccc6c6cc7ccccc7cc65)c5c(c4)oc4ccccc45)N3)c2)cc1. The molecule has 1 aliphatic heterocycles. The Balaban J connectivity index is 1.05. The van der Waals surface area contributed by atoms with Crippen LogP contribution >= 0.6 is 0 Å². The van der Waals surface area contributed by atoms with Crippen LogP contribution in [0.4, 0.5) is 0 Å². The van der Waals surface area contributed by atoms with Crippen LogP contribution in [0.2, 0.25) is 0 Å². The molecule has 6 nitrogen and oxygen atoms in total. The van der Waals surface area contributed by atoms with E-state index in [1.54, 1.807) is 0 Å². The quantitative estimate of drug-likeness (QED) is 0.181. The van der Waals surface area contributed by atoms with Gasteiger partial charge in [0.05, 0.1) is 33.1 Å². The third-order valence-corrected chi connectivity index (χ3v) is 13.5. The molecule has 13 aromatic rings. The third kappa shape index (κ3) is 5.90. The number of aromatic nitrogens is 2. The van der Waals surface area contributed by atoms with Gasteiger partial charge in [-0.25, -0.2) is 9.98 Å². The molecule has 10 aromatic carbocycles. The predicted molar refractivity (Wildman–Crippen MR) is 277 cm³/mol. The highest BCUT2D eigenvalue weighted by atomic mass is 16.3. The van der Waals surface area contributed by atoms with Crippen LogP contribution < -0.4 is 5.32 Å². The van der Waals surface area contributed by atoms with E-state index in [9.17, 15) is 0 Å². The standard InChI is InChI=1S/C61H39N5O/c1-3-17-38(18-4-1)39-21-15-22-42(33-39)59-62-60(64-61(63-59)49-29-16-28-47-45-25-9-12-30-51(45)65(58(47)49)44-23-5-2-6-24-44)43-36-54(57-48-27-11-14-32-55(48)67-56(57)37-43)66-52-31-13-10-26-46(52)50-34-40-19-7-8-20-41(40)35-53(50)66/h1-37,59H,(H,62,63,64). The molecule has 1 N–H and O–H groups in total. The minimum Gasteiger partial charge on any atom is -0.456 e. The summed E-state index contributed by atoms with van der Waals surface area (Å²) in [6.07, 6.45) is -0.467. The second kappa shape index (κ2) is 14.8. The van der Waals surface area contributed by atoms with Gasteiger partial charge in [0.25, 0.3) is 0 Å². The number of nitrogens with zero attached hydrogens (tertiary/aromatic N) is 4. The summed E-state index contributed by atoms with van der Waals surface area (Å²) in [6, 6.07) is 79.7. The smallest absolute Gasteiger partial charge is 0.161 e. The maximum absolute atomic E-state index is 6.83. The lowest BCUT2D eigenvalue weighted by molar-refractivity contribution is 0.666. The zero-order chi connectivity index (χ0) is 44.0. The zero-order valence-corrected chi connectivity index (χ0v) is 36.1. The Bertz CT molecular complexity index is 4190. The van der Waals surface area contributed by atoms with E-state index in [0.717, 1.165) is 88.6 Å². The summed E-state index contributed by atoms with van der Waals surface area (Å²) in [4.78, 5) is 11.1. The van der Waals surface area contributed by atoms with Gasteiger partial charge in [0.2, 0.25) is 0 Å². The van der Waals surface area contributed by atoms with Crippen LogP contribution in [-0.4, -0.2) is 20.8 Å². The number of amidine groups is 2. The molecule has 1 unspecified atom stereocenters. The van der Waals surface area contributed by atoms with E-state index in [2.05, 4.69) is 233 Å². The molecule has 0 saturated heterocycles. The van der Waals surface area contributed by atoms with Crippen LogP contribution in [0.25, 0.3) is 98.8 Å². The van der Waals surface area contributed by atoms with E-state index in [-0.39, 0.29) is 0 Å². The molecule has 0 radical (unpaired) electrons. The molecule has 6 heteroatoms. The molecule has 0 saturated carbocycles. The summed E-state index contributed by atoms with van der Waals surface area (Å²) in [5.74, 6) is 1.35. The maximum atomic E-state index is 6.83. The van der Waals surface area contributed by atoms with Gasteiger partial charge < -0.3 is 18.9 Å². The number of aliphatic imine (C=N–C) groups is 2. The molecule has 1 atom stereocenters. The monoisotopic (exact) mass is 857 g/mol. The van der Waals surface area contributed by atoms with E-state index in [1.165, 1.54) is 26.9 Å². The first-order chi connectivity index (χ1) is 33.2. The predicted octanol–water partition coefficient (Wildman–Crippen LogP) is 15.1. The fourth-order valence-electron chi connectivity index (χ4n) is 10.5. The van der Waals surface area contributed by atoms with Crippen molar-refractivity contribution in [2.45, 2.75) is 6.17 Å². The number of rotatable bonds is 6. The van der Waals surface area contributed by atoms with Gasteiger partial charge in [-0.05, 0) is 94.2 Å². The largest absolute Gasteiger partial charge is 0.456 e. The molecule has 314 valence electrons. The number of furan rings is 1. The van der Waals surface area contributed by atoms with Crippen LogP contribution in [0.3, 0.4) is 0 Å². The van der Waals surface area contributed by atoms with E-state index in [4.69, 9.17) is 14.4 Å². The summed E-state index contributed by atoms with van der Waals surface area (Å²) in [6.45, 7) is 0. The molecule has 14 rings (SSSR count). The second-order valence-corrected chi connectivity index (χ2v) is 17.4. The molecule has 0 spiro atoms. The Morgan fingerprint density at radius 3 is 1.90 bits per heavy atom. The van der Waals surface area contributed by atoms with Crippen LogP contribution in [-0.2, 0) is 0 Å². The lowest BCUT2D eigenvalue weighted by Crippen LogP contribution is -2.33. The van der Waals surface area contributed by atoms with Crippen molar-refractivity contribution in [3.8, 4) is 22.5 Å². The molecule has 67 heavy (non-hydrogen) atoms. The van der Waals surface area contributed by atoms with Gasteiger partial charge >= 0.3 is 0 Å². The number of benzene rings is 10. The van der Waals surface area contributed by atoms with Crippen molar-refractivity contribution in [2.24, 2.45) is 9.98 Å².